The molecule has 1 saturated heterocycles. The predicted octanol–water partition coefficient (Wildman–Crippen LogP) is 0.739. The summed E-state index contributed by atoms with van der Waals surface area (Å²) in [6.07, 6.45) is 1.89. The van der Waals surface area contributed by atoms with Gasteiger partial charge in [-0.1, -0.05) is 0 Å². The first-order chi connectivity index (χ1) is 12.6. The van der Waals surface area contributed by atoms with Crippen molar-refractivity contribution >= 4 is 33.2 Å². The van der Waals surface area contributed by atoms with Gasteiger partial charge in [0.05, 0.1) is 5.52 Å². The van der Waals surface area contributed by atoms with Crippen molar-refractivity contribution in [2.75, 3.05) is 33.2 Å². The first-order valence-corrected chi connectivity index (χ1v) is 9.71. The van der Waals surface area contributed by atoms with Crippen LogP contribution in [0, 0.1) is 0 Å². The molecule has 0 atom stereocenters. The highest BCUT2D eigenvalue weighted by Gasteiger charge is 2.19. The molecule has 0 N–H and O–H groups in total. The second-order valence-electron chi connectivity index (χ2n) is 6.79. The fourth-order valence-corrected chi connectivity index (χ4v) is 4.28. The second-order valence-corrected chi connectivity index (χ2v) is 7.70. The summed E-state index contributed by atoms with van der Waals surface area (Å²) in [7, 11) is 3.79. The molecule has 0 aromatic carbocycles. The molecule has 4 rings (SSSR count). The lowest BCUT2D eigenvalue weighted by atomic mass is 10.2. The fourth-order valence-electron chi connectivity index (χ4n) is 3.43. The Labute approximate surface area is 154 Å². The highest BCUT2D eigenvalue weighted by molar-refractivity contribution is 7.17. The Bertz CT molecular complexity index is 1010. The van der Waals surface area contributed by atoms with Crippen LogP contribution in [-0.4, -0.2) is 68.1 Å². The lowest BCUT2D eigenvalue weighted by Gasteiger charge is -2.32. The minimum absolute atomic E-state index is 0.0494. The molecule has 26 heavy (non-hydrogen) atoms. The standard InChI is InChI=1S/C17H22N6O2S/c1-20-7-9-22(10-8-20)14(24)5-3-4-13-18-19-17-21(2)16(25)15-12(23(13)17)6-11-26-15/h6,11H,3-5,7-10H2,1-2H3. The van der Waals surface area contributed by atoms with Crippen LogP contribution in [0.4, 0.5) is 0 Å². The van der Waals surface area contributed by atoms with Gasteiger partial charge in [-0.15, -0.1) is 21.5 Å². The van der Waals surface area contributed by atoms with E-state index < -0.39 is 0 Å². The number of carbonyl (C=O) groups excluding carboxylic acids is 1. The van der Waals surface area contributed by atoms with Crippen LogP contribution >= 0.6 is 11.3 Å². The van der Waals surface area contributed by atoms with Crippen molar-refractivity contribution < 1.29 is 4.79 Å². The predicted molar refractivity (Wildman–Crippen MR) is 101 cm³/mol. The Balaban J connectivity index is 1.50. The maximum absolute atomic E-state index is 12.4. The summed E-state index contributed by atoms with van der Waals surface area (Å²) in [4.78, 5) is 28.9. The summed E-state index contributed by atoms with van der Waals surface area (Å²) in [5.74, 6) is 1.55. The maximum Gasteiger partial charge on any atom is 0.272 e. The number of thiophene rings is 1. The first kappa shape index (κ1) is 17.2. The molecule has 1 fully saturated rings. The number of nitrogens with zero attached hydrogens (tertiary/aromatic N) is 6. The molecule has 138 valence electrons. The molecular weight excluding hydrogens is 352 g/mol. The fraction of sp³-hybridized carbons (Fsp3) is 0.529. The highest BCUT2D eigenvalue weighted by Crippen LogP contribution is 2.20. The first-order valence-electron chi connectivity index (χ1n) is 8.83. The molecule has 3 aromatic heterocycles. The van der Waals surface area contributed by atoms with E-state index in [-0.39, 0.29) is 11.5 Å². The van der Waals surface area contributed by atoms with Crippen LogP contribution in [0.15, 0.2) is 16.2 Å². The number of hydrogen-bond acceptors (Lipinski definition) is 6. The third-order valence-electron chi connectivity index (χ3n) is 5.04. The van der Waals surface area contributed by atoms with Crippen LogP contribution in [0.3, 0.4) is 0 Å². The van der Waals surface area contributed by atoms with E-state index in [0.717, 1.165) is 43.9 Å². The molecule has 1 amide bonds. The van der Waals surface area contributed by atoms with Gasteiger partial charge >= 0.3 is 0 Å². The molecule has 0 aliphatic carbocycles. The van der Waals surface area contributed by atoms with E-state index in [1.165, 1.54) is 15.9 Å². The van der Waals surface area contributed by atoms with Gasteiger partial charge in [0.2, 0.25) is 11.7 Å². The summed E-state index contributed by atoms with van der Waals surface area (Å²) < 4.78 is 4.17. The molecule has 3 aromatic rings. The van der Waals surface area contributed by atoms with Crippen molar-refractivity contribution in [3.05, 3.63) is 27.6 Å². The third kappa shape index (κ3) is 2.90. The van der Waals surface area contributed by atoms with Crippen LogP contribution in [0.25, 0.3) is 16.0 Å². The molecule has 0 unspecified atom stereocenters. The van der Waals surface area contributed by atoms with Crippen molar-refractivity contribution in [3.8, 4) is 0 Å². The topological polar surface area (TPSA) is 75.7 Å². The Morgan fingerprint density at radius 3 is 2.73 bits per heavy atom. The number of piperazine rings is 1. The summed E-state index contributed by atoms with van der Waals surface area (Å²) in [6.45, 7) is 3.48. The second kappa shape index (κ2) is 6.81. The lowest BCUT2D eigenvalue weighted by molar-refractivity contribution is -0.132. The minimum atomic E-state index is -0.0494. The van der Waals surface area contributed by atoms with E-state index in [0.29, 0.717) is 23.3 Å². The number of amides is 1. The van der Waals surface area contributed by atoms with Gasteiger partial charge in [-0.25, -0.2) is 0 Å². The Morgan fingerprint density at radius 1 is 1.19 bits per heavy atom. The average Bonchev–Trinajstić information content (AvgIpc) is 3.27. The Hall–Kier alpha value is -2.26. The quantitative estimate of drug-likeness (QED) is 0.673. The normalized spacial score (nSPS) is 16.0. The average molecular weight is 374 g/mol. The van der Waals surface area contributed by atoms with Crippen molar-refractivity contribution in [3.63, 3.8) is 0 Å². The van der Waals surface area contributed by atoms with E-state index in [1.807, 2.05) is 20.7 Å². The van der Waals surface area contributed by atoms with E-state index >= 15 is 0 Å². The van der Waals surface area contributed by atoms with Crippen molar-refractivity contribution in [2.24, 2.45) is 7.05 Å². The largest absolute Gasteiger partial charge is 0.340 e. The summed E-state index contributed by atoms with van der Waals surface area (Å²) >= 11 is 1.43. The van der Waals surface area contributed by atoms with Gasteiger partial charge < -0.3 is 9.80 Å². The molecule has 9 heteroatoms. The minimum Gasteiger partial charge on any atom is -0.340 e. The molecule has 8 nitrogen and oxygen atoms in total. The third-order valence-corrected chi connectivity index (χ3v) is 5.94. The van der Waals surface area contributed by atoms with Crippen molar-refractivity contribution in [2.45, 2.75) is 19.3 Å². The van der Waals surface area contributed by atoms with Crippen molar-refractivity contribution in [1.29, 1.82) is 0 Å². The highest BCUT2D eigenvalue weighted by atomic mass is 32.1. The van der Waals surface area contributed by atoms with E-state index in [9.17, 15) is 9.59 Å². The van der Waals surface area contributed by atoms with Gasteiger partial charge in [-0.2, -0.15) is 0 Å². The number of hydrogen-bond donors (Lipinski definition) is 0. The monoisotopic (exact) mass is 374 g/mol. The summed E-state index contributed by atoms with van der Waals surface area (Å²) in [5, 5.41) is 10.4. The van der Waals surface area contributed by atoms with Gasteiger partial charge in [0.1, 0.15) is 10.5 Å². The number of fused-ring (bicyclic) bond motifs is 3. The van der Waals surface area contributed by atoms with Crippen LogP contribution < -0.4 is 5.56 Å². The molecular formula is C17H22N6O2S. The Morgan fingerprint density at radius 2 is 1.96 bits per heavy atom. The van der Waals surface area contributed by atoms with Gasteiger partial charge in [-0.3, -0.25) is 18.6 Å². The summed E-state index contributed by atoms with van der Waals surface area (Å²) in [5.41, 5.74) is 0.796. The number of likely N-dealkylation sites (N-methyl/N-ethyl adjacent to an activating group) is 1. The molecule has 0 spiro atoms. The molecule has 4 heterocycles. The number of carbonyl (C=O) groups is 1. The van der Waals surface area contributed by atoms with Crippen LogP contribution in [0.2, 0.25) is 0 Å². The summed E-state index contributed by atoms with van der Waals surface area (Å²) in [6, 6.07) is 1.93. The van der Waals surface area contributed by atoms with Gasteiger partial charge in [-0.05, 0) is 24.9 Å². The molecule has 1 aliphatic heterocycles. The van der Waals surface area contributed by atoms with Crippen LogP contribution in [0.1, 0.15) is 18.7 Å². The zero-order valence-electron chi connectivity index (χ0n) is 15.0. The van der Waals surface area contributed by atoms with E-state index in [1.54, 1.807) is 7.05 Å². The molecule has 0 bridgehead atoms. The SMILES string of the molecule is CN1CCN(C(=O)CCCc2nnc3n(C)c(=O)c4sccc4n23)CC1. The van der Waals surface area contributed by atoms with Crippen LogP contribution in [0.5, 0.6) is 0 Å². The molecule has 1 aliphatic rings. The maximum atomic E-state index is 12.4. The Kier molecular flexibility index (Phi) is 4.49. The zero-order valence-corrected chi connectivity index (χ0v) is 15.8. The zero-order chi connectivity index (χ0) is 18.3. The van der Waals surface area contributed by atoms with Crippen molar-refractivity contribution in [1.82, 2.24) is 29.0 Å². The molecule has 0 saturated carbocycles. The van der Waals surface area contributed by atoms with Gasteiger partial charge in [0.15, 0.2) is 0 Å². The smallest absolute Gasteiger partial charge is 0.272 e. The number of aryl methyl sites for hydroxylation is 2. The van der Waals surface area contributed by atoms with Gasteiger partial charge in [0.25, 0.3) is 5.56 Å². The van der Waals surface area contributed by atoms with E-state index in [4.69, 9.17) is 0 Å². The number of aromatic nitrogens is 4. The number of rotatable bonds is 4. The van der Waals surface area contributed by atoms with Crippen LogP contribution in [-0.2, 0) is 18.3 Å². The lowest BCUT2D eigenvalue weighted by Crippen LogP contribution is -2.47. The van der Waals surface area contributed by atoms with E-state index in [2.05, 4.69) is 22.1 Å². The molecule has 0 radical (unpaired) electrons. The van der Waals surface area contributed by atoms with Gasteiger partial charge in [0, 0.05) is 46.1 Å².